The van der Waals surface area contributed by atoms with Gasteiger partial charge in [0.05, 0.1) is 0 Å². The standard InChI is InChI=1S/C54H35INS/c1-3-13-36(14-4-1)40-33-41(37-15-5-2-6-16-37)35-42(34-40)38-25-29-43(30-26-38)56(51-23-12-20-48-46-17-7-9-22-50(46)55-53(48)51)44-31-27-39(28-32-44)45-19-11-21-49-47-18-8-10-24-52(47)57-54(45)49/h1-35H/q-1. The number of fused-ring (bicyclic) bond motifs is 6. The summed E-state index contributed by atoms with van der Waals surface area (Å²) in [6.07, 6.45) is 0. The quantitative estimate of drug-likeness (QED) is 0.144. The van der Waals surface area contributed by atoms with Crippen molar-refractivity contribution in [2.24, 2.45) is 0 Å². The smallest absolute Gasteiger partial charge is 0.0617 e. The Morgan fingerprint density at radius 2 is 0.860 bits per heavy atom. The normalized spacial score (nSPS) is 11.9. The number of thiophene rings is 1. The van der Waals surface area contributed by atoms with Crippen LogP contribution in [0.2, 0.25) is 0 Å². The van der Waals surface area contributed by atoms with Gasteiger partial charge in [-0.2, -0.15) is 0 Å². The van der Waals surface area contributed by atoms with Crippen LogP contribution in [-0.2, 0) is 0 Å². The van der Waals surface area contributed by atoms with Gasteiger partial charge in [0.2, 0.25) is 0 Å². The zero-order chi connectivity index (χ0) is 37.7. The van der Waals surface area contributed by atoms with Gasteiger partial charge < -0.3 is 0 Å². The number of hydrogen-bond acceptors (Lipinski definition) is 2. The molecule has 0 spiro atoms. The first-order chi connectivity index (χ1) is 28.2. The summed E-state index contributed by atoms with van der Waals surface area (Å²) in [5.74, 6) is 0. The number of rotatable bonds is 7. The summed E-state index contributed by atoms with van der Waals surface area (Å²) in [6.45, 7) is 0. The molecule has 0 unspecified atom stereocenters. The van der Waals surface area contributed by atoms with E-state index in [9.17, 15) is 0 Å². The van der Waals surface area contributed by atoms with Gasteiger partial charge in [-0.1, -0.05) is 48.5 Å². The van der Waals surface area contributed by atoms with Crippen LogP contribution in [0, 0.1) is 7.14 Å². The van der Waals surface area contributed by atoms with Gasteiger partial charge in [0.1, 0.15) is 0 Å². The Morgan fingerprint density at radius 1 is 0.351 bits per heavy atom. The molecule has 0 aliphatic carbocycles. The van der Waals surface area contributed by atoms with E-state index >= 15 is 0 Å². The predicted molar refractivity (Wildman–Crippen MR) is 239 cm³/mol. The minimum absolute atomic E-state index is 0.346. The third-order valence-electron chi connectivity index (χ3n) is 11.0. The third kappa shape index (κ3) is 6.15. The van der Waals surface area contributed by atoms with Gasteiger partial charge in [-0.25, -0.2) is 0 Å². The average molecular weight is 857 g/mol. The number of hydrogen-bond donors (Lipinski definition) is 0. The predicted octanol–water partition coefficient (Wildman–Crippen LogP) is 12.3. The molecule has 0 saturated carbocycles. The van der Waals surface area contributed by atoms with Gasteiger partial charge in [0.25, 0.3) is 0 Å². The van der Waals surface area contributed by atoms with E-state index in [-0.39, 0.29) is 21.2 Å². The van der Waals surface area contributed by atoms with Crippen LogP contribution in [0.4, 0.5) is 17.1 Å². The summed E-state index contributed by atoms with van der Waals surface area (Å²) in [4.78, 5) is 2.48. The van der Waals surface area contributed by atoms with Crippen molar-refractivity contribution >= 4 is 48.6 Å². The van der Waals surface area contributed by atoms with E-state index in [0.717, 1.165) is 11.4 Å². The van der Waals surface area contributed by atoms with Crippen LogP contribution < -0.4 is 26.1 Å². The fourth-order valence-corrected chi connectivity index (χ4v) is 12.7. The Kier molecular flexibility index (Phi) is 8.56. The van der Waals surface area contributed by atoms with Crippen LogP contribution >= 0.6 is 11.3 Å². The Labute approximate surface area is 347 Å². The molecule has 3 heteroatoms. The third-order valence-corrected chi connectivity index (χ3v) is 15.4. The molecular weight excluding hydrogens is 822 g/mol. The second-order valence-electron chi connectivity index (χ2n) is 14.5. The van der Waals surface area contributed by atoms with Crippen LogP contribution in [0.25, 0.3) is 75.8 Å². The molecule has 0 saturated heterocycles. The Morgan fingerprint density at radius 3 is 1.54 bits per heavy atom. The van der Waals surface area contributed by atoms with Crippen molar-refractivity contribution in [1.29, 1.82) is 0 Å². The molecule has 11 rings (SSSR count). The van der Waals surface area contributed by atoms with Crippen molar-refractivity contribution in [2.45, 2.75) is 0 Å². The van der Waals surface area contributed by atoms with Gasteiger partial charge in [-0.3, -0.25) is 0 Å². The zero-order valence-corrected chi connectivity index (χ0v) is 33.9. The van der Waals surface area contributed by atoms with Crippen LogP contribution in [0.5, 0.6) is 0 Å². The molecule has 10 aromatic rings. The molecule has 0 amide bonds. The Hall–Kier alpha value is -6.27. The first kappa shape index (κ1) is 34.0. The SMILES string of the molecule is c1ccc(-c2cc(-c3ccccc3)cc(-c3ccc(N(c4ccc(-c5cccc6c5sc5ccccc56)cc4)c4cccc5c4[I-]c4ccccc4-5)cc3)c2)cc1. The summed E-state index contributed by atoms with van der Waals surface area (Å²) in [5.41, 5.74) is 16.1. The summed E-state index contributed by atoms with van der Waals surface area (Å²) < 4.78 is 5.64. The zero-order valence-electron chi connectivity index (χ0n) is 30.9. The van der Waals surface area contributed by atoms with Gasteiger partial charge in [0.15, 0.2) is 0 Å². The van der Waals surface area contributed by atoms with E-state index < -0.39 is 0 Å². The molecule has 270 valence electrons. The van der Waals surface area contributed by atoms with Gasteiger partial charge in [-0.15, -0.1) is 0 Å². The summed E-state index contributed by atoms with van der Waals surface area (Å²) in [7, 11) is 0. The molecule has 1 nitrogen and oxygen atoms in total. The molecule has 0 atom stereocenters. The van der Waals surface area contributed by atoms with Crippen molar-refractivity contribution in [2.75, 3.05) is 4.90 Å². The second-order valence-corrected chi connectivity index (χ2v) is 18.3. The molecule has 57 heavy (non-hydrogen) atoms. The fraction of sp³-hybridized carbons (Fsp3) is 0. The van der Waals surface area contributed by atoms with E-state index in [1.165, 1.54) is 88.6 Å². The molecule has 0 radical (unpaired) electrons. The maximum atomic E-state index is 2.48. The summed E-state index contributed by atoms with van der Waals surface area (Å²) in [5, 5.41) is 2.66. The van der Waals surface area contributed by atoms with E-state index in [1.807, 2.05) is 11.3 Å². The number of benzene rings is 9. The van der Waals surface area contributed by atoms with E-state index in [4.69, 9.17) is 0 Å². The summed E-state index contributed by atoms with van der Waals surface area (Å²) >= 11 is 1.54. The van der Waals surface area contributed by atoms with Crippen molar-refractivity contribution in [1.82, 2.24) is 0 Å². The van der Waals surface area contributed by atoms with Crippen LogP contribution in [0.1, 0.15) is 0 Å². The monoisotopic (exact) mass is 856 g/mol. The number of halogens is 1. The van der Waals surface area contributed by atoms with E-state index in [0.29, 0.717) is 0 Å². The van der Waals surface area contributed by atoms with Crippen molar-refractivity contribution < 1.29 is 21.2 Å². The average Bonchev–Trinajstić information content (AvgIpc) is 3.87. The number of nitrogens with zero attached hydrogens (tertiary/aromatic N) is 1. The fourth-order valence-electron chi connectivity index (χ4n) is 8.25. The minimum atomic E-state index is -0.346. The Bertz CT molecular complexity index is 3020. The van der Waals surface area contributed by atoms with Crippen molar-refractivity contribution in [3.05, 3.63) is 219 Å². The maximum absolute atomic E-state index is 2.48. The van der Waals surface area contributed by atoms with Crippen LogP contribution in [0.3, 0.4) is 0 Å². The van der Waals surface area contributed by atoms with Crippen LogP contribution in [-0.4, -0.2) is 0 Å². The molecule has 0 fully saturated rings. The first-order valence-corrected chi connectivity index (χ1v) is 22.3. The molecule has 1 aliphatic heterocycles. The molecule has 1 aliphatic rings. The molecule has 9 aromatic carbocycles. The van der Waals surface area contributed by atoms with Gasteiger partial charge >= 0.3 is 301 Å². The first-order valence-electron chi connectivity index (χ1n) is 19.3. The van der Waals surface area contributed by atoms with Crippen LogP contribution in [0.15, 0.2) is 212 Å². The van der Waals surface area contributed by atoms with E-state index in [1.54, 1.807) is 0 Å². The van der Waals surface area contributed by atoms with Crippen molar-refractivity contribution in [3.8, 4) is 55.6 Å². The molecule has 0 N–H and O–H groups in total. The number of anilines is 3. The second kappa shape index (κ2) is 14.3. The van der Waals surface area contributed by atoms with Crippen molar-refractivity contribution in [3.63, 3.8) is 0 Å². The van der Waals surface area contributed by atoms with E-state index in [2.05, 4.69) is 217 Å². The van der Waals surface area contributed by atoms with Gasteiger partial charge in [0, 0.05) is 0 Å². The van der Waals surface area contributed by atoms with Gasteiger partial charge in [-0.05, 0) is 0 Å². The molecule has 2 heterocycles. The molecular formula is C54H35INS-. The topological polar surface area (TPSA) is 3.24 Å². The Balaban J connectivity index is 1.02. The minimum Gasteiger partial charge on any atom is -0.0617 e. The molecule has 0 bridgehead atoms. The molecule has 1 aromatic heterocycles. The summed E-state index contributed by atoms with van der Waals surface area (Å²) in [6, 6.07) is 78.1.